The van der Waals surface area contributed by atoms with E-state index in [1.807, 2.05) is 23.9 Å². The van der Waals surface area contributed by atoms with Crippen LogP contribution < -0.4 is 11.1 Å². The summed E-state index contributed by atoms with van der Waals surface area (Å²) >= 11 is 3.37. The minimum atomic E-state index is 0.0309. The zero-order valence-electron chi connectivity index (χ0n) is 11.6. The maximum Gasteiger partial charge on any atom is 0.261 e. The highest BCUT2D eigenvalue weighted by molar-refractivity contribution is 7.99. The number of thiophene rings is 1. The van der Waals surface area contributed by atoms with E-state index in [-0.39, 0.29) is 5.91 Å². The van der Waals surface area contributed by atoms with Crippen molar-refractivity contribution in [2.24, 2.45) is 5.73 Å². The molecule has 3 nitrogen and oxygen atoms in total. The molecule has 108 valence electrons. The lowest BCUT2D eigenvalue weighted by Gasteiger charge is -2.27. The number of hydrogen-bond acceptors (Lipinski definition) is 4. The number of carbonyl (C=O) groups is 1. The average Bonchev–Trinajstić information content (AvgIpc) is 2.95. The molecular weight excluding hydrogens is 288 g/mol. The molecule has 0 spiro atoms. The summed E-state index contributed by atoms with van der Waals surface area (Å²) in [6.45, 7) is 0.345. The number of rotatable bonds is 3. The van der Waals surface area contributed by atoms with Gasteiger partial charge in [0.1, 0.15) is 0 Å². The molecule has 0 saturated heterocycles. The Morgan fingerprint density at radius 1 is 1.45 bits per heavy atom. The molecule has 0 radical (unpaired) electrons. The van der Waals surface area contributed by atoms with E-state index in [9.17, 15) is 4.79 Å². The van der Waals surface area contributed by atoms with Crippen molar-refractivity contribution in [1.29, 1.82) is 0 Å². The Morgan fingerprint density at radius 2 is 2.20 bits per heavy atom. The molecule has 0 atom stereocenters. The second-order valence-electron chi connectivity index (χ2n) is 4.85. The van der Waals surface area contributed by atoms with Crippen molar-refractivity contribution >= 4 is 29.0 Å². The van der Waals surface area contributed by atoms with Crippen molar-refractivity contribution in [3.63, 3.8) is 0 Å². The van der Waals surface area contributed by atoms with Gasteiger partial charge in [0.2, 0.25) is 0 Å². The molecule has 1 amide bonds. The predicted molar refractivity (Wildman–Crippen MR) is 87.3 cm³/mol. The third kappa shape index (κ3) is 4.27. The van der Waals surface area contributed by atoms with Crippen molar-refractivity contribution in [2.45, 2.75) is 37.0 Å². The van der Waals surface area contributed by atoms with Crippen LogP contribution in [-0.4, -0.2) is 30.0 Å². The van der Waals surface area contributed by atoms with Gasteiger partial charge < -0.3 is 11.1 Å². The highest BCUT2D eigenvalue weighted by Crippen LogP contribution is 2.27. The summed E-state index contributed by atoms with van der Waals surface area (Å²) in [6.07, 6.45) is 6.73. The number of thioether (sulfide) groups is 1. The first-order valence-electron chi connectivity index (χ1n) is 6.85. The zero-order chi connectivity index (χ0) is 14.4. The van der Waals surface area contributed by atoms with Crippen LogP contribution in [0.2, 0.25) is 0 Å². The van der Waals surface area contributed by atoms with E-state index in [0.29, 0.717) is 12.6 Å². The first-order valence-corrected chi connectivity index (χ1v) is 8.95. The summed E-state index contributed by atoms with van der Waals surface area (Å²) < 4.78 is 0. The van der Waals surface area contributed by atoms with Gasteiger partial charge in [-0.2, -0.15) is 11.8 Å². The van der Waals surface area contributed by atoms with Crippen molar-refractivity contribution < 1.29 is 4.79 Å². The summed E-state index contributed by atoms with van der Waals surface area (Å²) in [5, 5.41) is 3.91. The monoisotopic (exact) mass is 308 g/mol. The number of nitrogens with two attached hydrogens (primary N) is 1. The van der Waals surface area contributed by atoms with Crippen LogP contribution >= 0.6 is 23.1 Å². The Hall–Kier alpha value is -0.960. The standard InChI is InChI=1S/C15H20N2OS2/c1-19-12-6-4-11(5-7-12)17-15(18)14-9-8-13(20-14)3-2-10-16/h8-9,11-12H,4-7,10,16H2,1H3,(H,17,18). The van der Waals surface area contributed by atoms with Gasteiger partial charge in [0, 0.05) is 11.3 Å². The minimum Gasteiger partial charge on any atom is -0.349 e. The predicted octanol–water partition coefficient (Wildman–Crippen LogP) is 2.46. The quantitative estimate of drug-likeness (QED) is 0.843. The van der Waals surface area contributed by atoms with Crippen LogP contribution in [0.4, 0.5) is 0 Å². The van der Waals surface area contributed by atoms with Crippen LogP contribution in [-0.2, 0) is 0 Å². The summed E-state index contributed by atoms with van der Waals surface area (Å²) in [4.78, 5) is 13.8. The van der Waals surface area contributed by atoms with Crippen LogP contribution in [0.25, 0.3) is 0 Å². The third-order valence-corrected chi connectivity index (χ3v) is 5.62. The van der Waals surface area contributed by atoms with Gasteiger partial charge in [0.05, 0.1) is 16.3 Å². The lowest BCUT2D eigenvalue weighted by molar-refractivity contribution is 0.0932. The lowest BCUT2D eigenvalue weighted by Crippen LogP contribution is -2.37. The van der Waals surface area contributed by atoms with Gasteiger partial charge in [-0.1, -0.05) is 11.8 Å². The first kappa shape index (κ1) is 15.4. The van der Waals surface area contributed by atoms with Crippen LogP contribution in [0.5, 0.6) is 0 Å². The molecule has 1 aromatic rings. The molecule has 1 fully saturated rings. The second-order valence-corrected chi connectivity index (χ2v) is 7.07. The number of amides is 1. The van der Waals surface area contributed by atoms with E-state index in [1.54, 1.807) is 0 Å². The van der Waals surface area contributed by atoms with E-state index in [0.717, 1.165) is 27.8 Å². The van der Waals surface area contributed by atoms with Crippen molar-refractivity contribution in [1.82, 2.24) is 5.32 Å². The van der Waals surface area contributed by atoms with Crippen molar-refractivity contribution in [2.75, 3.05) is 12.8 Å². The van der Waals surface area contributed by atoms with Crippen LogP contribution in [0.15, 0.2) is 12.1 Å². The fourth-order valence-electron chi connectivity index (χ4n) is 2.36. The molecule has 2 rings (SSSR count). The van der Waals surface area contributed by atoms with Gasteiger partial charge in [-0.15, -0.1) is 11.3 Å². The highest BCUT2D eigenvalue weighted by Gasteiger charge is 2.22. The van der Waals surface area contributed by atoms with Gasteiger partial charge in [-0.3, -0.25) is 4.79 Å². The van der Waals surface area contributed by atoms with E-state index in [2.05, 4.69) is 23.4 Å². The van der Waals surface area contributed by atoms with Gasteiger partial charge in [-0.05, 0) is 44.1 Å². The summed E-state index contributed by atoms with van der Waals surface area (Å²) in [6, 6.07) is 4.05. The van der Waals surface area contributed by atoms with Gasteiger partial charge >= 0.3 is 0 Å². The molecule has 0 aliphatic heterocycles. The Kier molecular flexibility index (Phi) is 5.96. The average molecular weight is 308 g/mol. The van der Waals surface area contributed by atoms with E-state index >= 15 is 0 Å². The van der Waals surface area contributed by atoms with Gasteiger partial charge in [0.15, 0.2) is 0 Å². The molecule has 1 aliphatic rings. The highest BCUT2D eigenvalue weighted by atomic mass is 32.2. The molecule has 20 heavy (non-hydrogen) atoms. The van der Waals surface area contributed by atoms with Crippen molar-refractivity contribution in [3.05, 3.63) is 21.9 Å². The molecule has 5 heteroatoms. The fraction of sp³-hybridized carbons (Fsp3) is 0.533. The van der Waals surface area contributed by atoms with Crippen molar-refractivity contribution in [3.8, 4) is 11.8 Å². The molecule has 0 aromatic carbocycles. The van der Waals surface area contributed by atoms with E-state index in [4.69, 9.17) is 5.73 Å². The lowest BCUT2D eigenvalue weighted by atomic mass is 9.95. The van der Waals surface area contributed by atoms with Crippen LogP contribution in [0.1, 0.15) is 40.2 Å². The molecule has 1 saturated carbocycles. The minimum absolute atomic E-state index is 0.0309. The molecule has 1 heterocycles. The van der Waals surface area contributed by atoms with Gasteiger partial charge in [0.25, 0.3) is 5.91 Å². The molecule has 0 unspecified atom stereocenters. The van der Waals surface area contributed by atoms with E-state index < -0.39 is 0 Å². The summed E-state index contributed by atoms with van der Waals surface area (Å²) in [5.41, 5.74) is 5.34. The largest absolute Gasteiger partial charge is 0.349 e. The smallest absolute Gasteiger partial charge is 0.261 e. The van der Waals surface area contributed by atoms with Crippen LogP contribution in [0, 0.1) is 11.8 Å². The van der Waals surface area contributed by atoms with E-state index in [1.165, 1.54) is 24.2 Å². The molecule has 1 aromatic heterocycles. The normalized spacial score (nSPS) is 21.9. The SMILES string of the molecule is CSC1CCC(NC(=O)c2ccc(C#CCN)s2)CC1. The summed E-state index contributed by atoms with van der Waals surface area (Å²) in [7, 11) is 0. The second kappa shape index (κ2) is 7.72. The Balaban J connectivity index is 1.87. The molecular formula is C15H20N2OS2. The number of carbonyl (C=O) groups excluding carboxylic acids is 1. The van der Waals surface area contributed by atoms with Gasteiger partial charge in [-0.25, -0.2) is 0 Å². The van der Waals surface area contributed by atoms with Crippen LogP contribution in [0.3, 0.4) is 0 Å². The third-order valence-electron chi connectivity index (χ3n) is 3.49. The molecule has 3 N–H and O–H groups in total. The maximum absolute atomic E-state index is 12.2. The fourth-order valence-corrected chi connectivity index (χ4v) is 3.89. The number of nitrogens with one attached hydrogen (secondary N) is 1. The maximum atomic E-state index is 12.2. The first-order chi connectivity index (χ1) is 9.72. The Labute approximate surface area is 128 Å². The number of hydrogen-bond donors (Lipinski definition) is 2. The molecule has 0 bridgehead atoms. The Morgan fingerprint density at radius 3 is 2.85 bits per heavy atom. The topological polar surface area (TPSA) is 55.1 Å². The zero-order valence-corrected chi connectivity index (χ0v) is 13.3. The molecule has 1 aliphatic carbocycles. The Bertz CT molecular complexity index is 507. The summed E-state index contributed by atoms with van der Waals surface area (Å²) in [5.74, 6) is 5.79.